The standard InChI is InChI=1S/C14H14BrFN2/c1-9-2-4-11(16)6-13(9)14(17)7-12-5-3-10(15)8-18-12/h2-6,8,14H,7,17H2,1H3. The van der Waals surface area contributed by atoms with E-state index in [0.717, 1.165) is 21.3 Å². The number of aromatic nitrogens is 1. The highest BCUT2D eigenvalue weighted by Crippen LogP contribution is 2.20. The van der Waals surface area contributed by atoms with Crippen LogP contribution in [0.25, 0.3) is 0 Å². The molecule has 0 amide bonds. The Kier molecular flexibility index (Phi) is 4.09. The fraction of sp³-hybridized carbons (Fsp3) is 0.214. The predicted octanol–water partition coefficient (Wildman–Crippen LogP) is 3.53. The first-order valence-electron chi connectivity index (χ1n) is 5.68. The number of aryl methyl sites for hydroxylation is 1. The Labute approximate surface area is 114 Å². The topological polar surface area (TPSA) is 38.9 Å². The summed E-state index contributed by atoms with van der Waals surface area (Å²) in [4.78, 5) is 4.28. The van der Waals surface area contributed by atoms with Crippen LogP contribution >= 0.6 is 15.9 Å². The number of nitrogens with two attached hydrogens (primary N) is 1. The van der Waals surface area contributed by atoms with E-state index < -0.39 is 0 Å². The van der Waals surface area contributed by atoms with Crippen LogP contribution in [-0.4, -0.2) is 4.98 Å². The molecule has 2 N–H and O–H groups in total. The predicted molar refractivity (Wildman–Crippen MR) is 73.7 cm³/mol. The van der Waals surface area contributed by atoms with E-state index in [1.165, 1.54) is 12.1 Å². The molecular weight excluding hydrogens is 295 g/mol. The minimum absolute atomic E-state index is 0.241. The van der Waals surface area contributed by atoms with Gasteiger partial charge in [0.25, 0.3) is 0 Å². The molecule has 1 aromatic carbocycles. The fourth-order valence-corrected chi connectivity index (χ4v) is 2.11. The molecule has 2 aromatic rings. The number of nitrogens with zero attached hydrogens (tertiary/aromatic N) is 1. The molecule has 2 nitrogen and oxygen atoms in total. The normalized spacial score (nSPS) is 12.4. The summed E-state index contributed by atoms with van der Waals surface area (Å²) in [7, 11) is 0. The van der Waals surface area contributed by atoms with Gasteiger partial charge in [-0.2, -0.15) is 0 Å². The zero-order valence-corrected chi connectivity index (χ0v) is 11.6. The average molecular weight is 309 g/mol. The highest BCUT2D eigenvalue weighted by molar-refractivity contribution is 9.10. The number of hydrogen-bond donors (Lipinski definition) is 1. The Bertz CT molecular complexity index is 540. The maximum atomic E-state index is 13.2. The van der Waals surface area contributed by atoms with Crippen molar-refractivity contribution in [1.29, 1.82) is 0 Å². The number of benzene rings is 1. The van der Waals surface area contributed by atoms with Gasteiger partial charge in [0.2, 0.25) is 0 Å². The molecule has 0 aliphatic heterocycles. The van der Waals surface area contributed by atoms with E-state index in [0.29, 0.717) is 6.42 Å². The fourth-order valence-electron chi connectivity index (χ4n) is 1.87. The van der Waals surface area contributed by atoms with E-state index in [2.05, 4.69) is 20.9 Å². The molecule has 0 saturated carbocycles. The second kappa shape index (κ2) is 5.59. The molecular formula is C14H14BrFN2. The molecule has 0 radical (unpaired) electrons. The maximum absolute atomic E-state index is 13.2. The molecule has 0 spiro atoms. The maximum Gasteiger partial charge on any atom is 0.123 e. The molecule has 0 aliphatic carbocycles. The van der Waals surface area contributed by atoms with Crippen molar-refractivity contribution in [2.75, 3.05) is 0 Å². The van der Waals surface area contributed by atoms with Crippen molar-refractivity contribution in [1.82, 2.24) is 4.98 Å². The van der Waals surface area contributed by atoms with Crippen molar-refractivity contribution < 1.29 is 4.39 Å². The van der Waals surface area contributed by atoms with Crippen molar-refractivity contribution >= 4 is 15.9 Å². The van der Waals surface area contributed by atoms with Gasteiger partial charge in [-0.25, -0.2) is 4.39 Å². The lowest BCUT2D eigenvalue weighted by molar-refractivity contribution is 0.616. The summed E-state index contributed by atoms with van der Waals surface area (Å²) in [5, 5.41) is 0. The Morgan fingerprint density at radius 1 is 1.33 bits per heavy atom. The number of pyridine rings is 1. The molecule has 18 heavy (non-hydrogen) atoms. The van der Waals surface area contributed by atoms with Crippen LogP contribution in [-0.2, 0) is 6.42 Å². The lowest BCUT2D eigenvalue weighted by atomic mass is 9.98. The first-order chi connectivity index (χ1) is 8.56. The van der Waals surface area contributed by atoms with Crippen molar-refractivity contribution in [2.24, 2.45) is 5.73 Å². The van der Waals surface area contributed by atoms with E-state index in [1.54, 1.807) is 12.3 Å². The molecule has 0 bridgehead atoms. The van der Waals surface area contributed by atoms with E-state index in [1.807, 2.05) is 19.1 Å². The van der Waals surface area contributed by atoms with E-state index in [-0.39, 0.29) is 11.9 Å². The summed E-state index contributed by atoms with van der Waals surface area (Å²) in [5.41, 5.74) is 8.85. The van der Waals surface area contributed by atoms with E-state index in [9.17, 15) is 4.39 Å². The van der Waals surface area contributed by atoms with E-state index >= 15 is 0 Å². The summed E-state index contributed by atoms with van der Waals surface area (Å²) in [6.07, 6.45) is 2.33. The zero-order chi connectivity index (χ0) is 13.1. The lowest BCUT2D eigenvalue weighted by Crippen LogP contribution is -2.15. The van der Waals surface area contributed by atoms with Gasteiger partial charge in [-0.1, -0.05) is 6.07 Å². The monoisotopic (exact) mass is 308 g/mol. The third kappa shape index (κ3) is 3.15. The van der Waals surface area contributed by atoms with Crippen LogP contribution in [0.5, 0.6) is 0 Å². The minimum Gasteiger partial charge on any atom is -0.324 e. The molecule has 94 valence electrons. The van der Waals surface area contributed by atoms with Crippen LogP contribution in [0.2, 0.25) is 0 Å². The summed E-state index contributed by atoms with van der Waals surface area (Å²) >= 11 is 3.33. The molecule has 1 aromatic heterocycles. The van der Waals surface area contributed by atoms with Crippen molar-refractivity contribution in [3.05, 3.63) is 63.6 Å². The van der Waals surface area contributed by atoms with Crippen LogP contribution < -0.4 is 5.73 Å². The van der Waals surface area contributed by atoms with Crippen molar-refractivity contribution in [3.8, 4) is 0 Å². The van der Waals surface area contributed by atoms with Crippen LogP contribution in [0, 0.1) is 12.7 Å². The third-order valence-electron chi connectivity index (χ3n) is 2.86. The molecule has 0 saturated heterocycles. The highest BCUT2D eigenvalue weighted by Gasteiger charge is 2.11. The third-order valence-corrected chi connectivity index (χ3v) is 3.33. The van der Waals surface area contributed by atoms with Crippen molar-refractivity contribution in [3.63, 3.8) is 0 Å². The number of halogens is 2. The smallest absolute Gasteiger partial charge is 0.123 e. The average Bonchev–Trinajstić information content (AvgIpc) is 2.35. The van der Waals surface area contributed by atoms with Gasteiger partial charge in [-0.05, 0) is 58.2 Å². The molecule has 4 heteroatoms. The SMILES string of the molecule is Cc1ccc(F)cc1C(N)Cc1ccc(Br)cn1. The Hall–Kier alpha value is -1.26. The summed E-state index contributed by atoms with van der Waals surface area (Å²) in [6.45, 7) is 1.93. The van der Waals surface area contributed by atoms with Gasteiger partial charge in [0.15, 0.2) is 0 Å². The summed E-state index contributed by atoms with van der Waals surface area (Å²) in [6, 6.07) is 8.29. The molecule has 2 rings (SSSR count). The molecule has 1 heterocycles. The number of rotatable bonds is 3. The Morgan fingerprint density at radius 3 is 2.78 bits per heavy atom. The first kappa shape index (κ1) is 13.2. The molecule has 0 fully saturated rings. The Morgan fingerprint density at radius 2 is 2.11 bits per heavy atom. The van der Waals surface area contributed by atoms with Gasteiger partial charge in [-0.15, -0.1) is 0 Å². The van der Waals surface area contributed by atoms with Gasteiger partial charge < -0.3 is 5.73 Å². The summed E-state index contributed by atoms with van der Waals surface area (Å²) < 4.78 is 14.2. The van der Waals surface area contributed by atoms with Crippen LogP contribution in [0.4, 0.5) is 4.39 Å². The first-order valence-corrected chi connectivity index (χ1v) is 6.47. The van der Waals surface area contributed by atoms with Gasteiger partial charge in [0.1, 0.15) is 5.82 Å². The van der Waals surface area contributed by atoms with Crippen LogP contribution in [0.3, 0.4) is 0 Å². The quantitative estimate of drug-likeness (QED) is 0.942. The van der Waals surface area contributed by atoms with Gasteiger partial charge >= 0.3 is 0 Å². The lowest BCUT2D eigenvalue weighted by Gasteiger charge is -2.14. The minimum atomic E-state index is -0.255. The largest absolute Gasteiger partial charge is 0.324 e. The molecule has 1 unspecified atom stereocenters. The summed E-state index contributed by atoms with van der Waals surface area (Å²) in [5.74, 6) is -0.255. The highest BCUT2D eigenvalue weighted by atomic mass is 79.9. The van der Waals surface area contributed by atoms with Crippen LogP contribution in [0.15, 0.2) is 41.0 Å². The molecule has 0 aliphatic rings. The van der Waals surface area contributed by atoms with Crippen LogP contribution in [0.1, 0.15) is 22.9 Å². The van der Waals surface area contributed by atoms with E-state index in [4.69, 9.17) is 5.73 Å². The Balaban J connectivity index is 2.18. The van der Waals surface area contributed by atoms with Gasteiger partial charge in [0.05, 0.1) is 0 Å². The second-order valence-corrected chi connectivity index (χ2v) is 5.19. The number of hydrogen-bond acceptors (Lipinski definition) is 2. The van der Waals surface area contributed by atoms with Gasteiger partial charge in [0, 0.05) is 28.8 Å². The zero-order valence-electron chi connectivity index (χ0n) is 10.0. The molecule has 1 atom stereocenters. The second-order valence-electron chi connectivity index (χ2n) is 4.28. The van der Waals surface area contributed by atoms with Crippen molar-refractivity contribution in [2.45, 2.75) is 19.4 Å². The van der Waals surface area contributed by atoms with Gasteiger partial charge in [-0.3, -0.25) is 4.98 Å².